The van der Waals surface area contributed by atoms with Gasteiger partial charge in [-0.3, -0.25) is 13.9 Å². The van der Waals surface area contributed by atoms with Crippen LogP contribution in [-0.4, -0.2) is 51.0 Å². The smallest absolute Gasteiger partial charge is 0.244 e. The Bertz CT molecular complexity index is 1020. The van der Waals surface area contributed by atoms with Crippen LogP contribution in [0.15, 0.2) is 48.5 Å². The molecular weight excluding hydrogens is 414 g/mol. The summed E-state index contributed by atoms with van der Waals surface area (Å²) in [4.78, 5) is 27.4. The second-order valence-corrected chi connectivity index (χ2v) is 9.51. The van der Waals surface area contributed by atoms with E-state index in [9.17, 15) is 18.0 Å². The molecule has 2 aromatic rings. The van der Waals surface area contributed by atoms with Crippen molar-refractivity contribution in [2.75, 3.05) is 24.2 Å². The first-order valence-corrected chi connectivity index (χ1v) is 12.0. The zero-order valence-electron chi connectivity index (χ0n) is 18.8. The van der Waals surface area contributed by atoms with Gasteiger partial charge in [-0.2, -0.15) is 0 Å². The lowest BCUT2D eigenvalue weighted by molar-refractivity contribution is -0.140. The van der Waals surface area contributed by atoms with E-state index in [-0.39, 0.29) is 19.0 Å². The number of rotatable bonds is 9. The number of likely N-dealkylation sites (N-methyl/N-ethyl adjacent to an activating group) is 1. The van der Waals surface area contributed by atoms with Crippen LogP contribution in [0.5, 0.6) is 0 Å². The molecule has 2 aromatic carbocycles. The third-order valence-electron chi connectivity index (χ3n) is 5.14. The van der Waals surface area contributed by atoms with E-state index in [4.69, 9.17) is 0 Å². The fraction of sp³-hybridized carbons (Fsp3) is 0.391. The highest BCUT2D eigenvalue weighted by Gasteiger charge is 2.31. The number of benzene rings is 2. The zero-order valence-corrected chi connectivity index (χ0v) is 19.6. The molecule has 0 saturated heterocycles. The number of nitrogens with one attached hydrogen (secondary N) is 1. The summed E-state index contributed by atoms with van der Waals surface area (Å²) in [5.41, 5.74) is 2.95. The quantitative estimate of drug-likeness (QED) is 0.643. The summed E-state index contributed by atoms with van der Waals surface area (Å²) in [7, 11) is -2.21. The molecule has 0 fully saturated rings. The fourth-order valence-corrected chi connectivity index (χ4v) is 4.35. The molecule has 8 heteroatoms. The molecule has 31 heavy (non-hydrogen) atoms. The highest BCUT2D eigenvalue weighted by Crippen LogP contribution is 2.24. The second-order valence-electron chi connectivity index (χ2n) is 7.61. The minimum absolute atomic E-state index is 0.204. The highest BCUT2D eigenvalue weighted by atomic mass is 32.2. The van der Waals surface area contributed by atoms with Gasteiger partial charge in [0.15, 0.2) is 0 Å². The van der Waals surface area contributed by atoms with E-state index in [2.05, 4.69) is 5.32 Å². The first-order chi connectivity index (χ1) is 14.6. The average Bonchev–Trinajstić information content (AvgIpc) is 2.73. The maximum atomic E-state index is 13.4. The number of carbonyl (C=O) groups is 2. The third kappa shape index (κ3) is 6.30. The van der Waals surface area contributed by atoms with Crippen LogP contribution in [-0.2, 0) is 26.2 Å². The summed E-state index contributed by atoms with van der Waals surface area (Å²) in [5.74, 6) is -0.727. The van der Waals surface area contributed by atoms with Gasteiger partial charge in [0, 0.05) is 13.6 Å². The van der Waals surface area contributed by atoms with Crippen LogP contribution in [0.1, 0.15) is 30.0 Å². The molecule has 0 aliphatic carbocycles. The van der Waals surface area contributed by atoms with Gasteiger partial charge in [-0.05, 0) is 43.0 Å². The Labute approximate surface area is 185 Å². The zero-order chi connectivity index (χ0) is 23.2. The molecule has 7 nitrogen and oxygen atoms in total. The van der Waals surface area contributed by atoms with Gasteiger partial charge in [-0.25, -0.2) is 8.42 Å². The van der Waals surface area contributed by atoms with Crippen LogP contribution in [0.4, 0.5) is 5.69 Å². The van der Waals surface area contributed by atoms with Gasteiger partial charge in [0.1, 0.15) is 12.6 Å². The van der Waals surface area contributed by atoms with E-state index in [1.54, 1.807) is 13.0 Å². The Kier molecular flexibility index (Phi) is 8.21. The lowest BCUT2D eigenvalue weighted by Crippen LogP contribution is -2.51. The summed E-state index contributed by atoms with van der Waals surface area (Å²) in [6.07, 6.45) is 1.49. The van der Waals surface area contributed by atoms with Crippen LogP contribution in [0, 0.1) is 13.8 Å². The molecular formula is C23H31N3O4S. The maximum Gasteiger partial charge on any atom is 0.244 e. The number of amides is 2. The summed E-state index contributed by atoms with van der Waals surface area (Å²) in [6.45, 7) is 5.31. The van der Waals surface area contributed by atoms with Crippen LogP contribution >= 0.6 is 0 Å². The Morgan fingerprint density at radius 2 is 1.71 bits per heavy atom. The number of sulfonamides is 1. The number of carbonyl (C=O) groups excluding carboxylic acids is 2. The Morgan fingerprint density at radius 1 is 1.06 bits per heavy atom. The van der Waals surface area contributed by atoms with Crippen molar-refractivity contribution in [2.24, 2.45) is 0 Å². The summed E-state index contributed by atoms with van der Waals surface area (Å²) in [6, 6.07) is 14.1. The van der Waals surface area contributed by atoms with Gasteiger partial charge in [-0.1, -0.05) is 49.4 Å². The monoisotopic (exact) mass is 445 g/mol. The molecule has 1 atom stereocenters. The first kappa shape index (κ1) is 24.4. The largest absolute Gasteiger partial charge is 0.357 e. The molecule has 0 unspecified atom stereocenters. The van der Waals surface area contributed by atoms with Crippen molar-refractivity contribution in [3.05, 3.63) is 65.2 Å². The molecule has 0 aliphatic rings. The van der Waals surface area contributed by atoms with Crippen LogP contribution in [0.25, 0.3) is 0 Å². The second kappa shape index (κ2) is 10.4. The molecule has 0 saturated carbocycles. The van der Waals surface area contributed by atoms with Gasteiger partial charge in [0.25, 0.3) is 0 Å². The average molecular weight is 446 g/mol. The van der Waals surface area contributed by atoms with Crippen molar-refractivity contribution in [3.63, 3.8) is 0 Å². The van der Waals surface area contributed by atoms with E-state index in [0.29, 0.717) is 12.1 Å². The molecule has 0 radical (unpaired) electrons. The van der Waals surface area contributed by atoms with Crippen molar-refractivity contribution >= 4 is 27.5 Å². The summed E-state index contributed by atoms with van der Waals surface area (Å²) >= 11 is 0. The van der Waals surface area contributed by atoms with E-state index in [1.165, 1.54) is 11.9 Å². The molecule has 0 aromatic heterocycles. The molecule has 0 bridgehead atoms. The van der Waals surface area contributed by atoms with Crippen LogP contribution < -0.4 is 9.62 Å². The summed E-state index contributed by atoms with van der Waals surface area (Å²) < 4.78 is 26.4. The number of hydrogen-bond acceptors (Lipinski definition) is 4. The SMILES string of the molecule is CC[C@H](C(=O)NC)N(Cc1ccccc1)C(=O)CN(c1cc(C)ccc1C)S(C)(=O)=O. The van der Waals surface area contributed by atoms with Crippen molar-refractivity contribution < 1.29 is 18.0 Å². The molecule has 2 amide bonds. The highest BCUT2D eigenvalue weighted by molar-refractivity contribution is 7.92. The molecule has 168 valence electrons. The van der Waals surface area contributed by atoms with E-state index >= 15 is 0 Å². The molecule has 0 spiro atoms. The summed E-state index contributed by atoms with van der Waals surface area (Å²) in [5, 5.41) is 2.60. The maximum absolute atomic E-state index is 13.4. The number of anilines is 1. The first-order valence-electron chi connectivity index (χ1n) is 10.2. The fourth-order valence-electron chi connectivity index (χ4n) is 3.45. The predicted octanol–water partition coefficient (Wildman–Crippen LogP) is 2.62. The van der Waals surface area contributed by atoms with Gasteiger partial charge in [0.05, 0.1) is 11.9 Å². The predicted molar refractivity (Wildman–Crippen MR) is 123 cm³/mol. The van der Waals surface area contributed by atoms with E-state index in [1.807, 2.05) is 56.3 Å². The molecule has 0 heterocycles. The normalized spacial score (nSPS) is 12.2. The van der Waals surface area contributed by atoms with Crippen LogP contribution in [0.3, 0.4) is 0 Å². The van der Waals surface area contributed by atoms with E-state index < -0.39 is 22.0 Å². The third-order valence-corrected chi connectivity index (χ3v) is 6.27. The van der Waals surface area contributed by atoms with Crippen molar-refractivity contribution in [3.8, 4) is 0 Å². The minimum Gasteiger partial charge on any atom is -0.357 e. The standard InChI is InChI=1S/C23H31N3O4S/c1-6-20(23(28)24-4)25(15-19-10-8-7-9-11-19)22(27)16-26(31(5,29)30)21-14-17(2)12-13-18(21)3/h7-14,20H,6,15-16H2,1-5H3,(H,24,28)/t20-/m1/s1. The lowest BCUT2D eigenvalue weighted by Gasteiger charge is -2.33. The Morgan fingerprint density at radius 3 is 2.26 bits per heavy atom. The van der Waals surface area contributed by atoms with Crippen LogP contribution in [0.2, 0.25) is 0 Å². The van der Waals surface area contributed by atoms with Gasteiger partial charge in [0.2, 0.25) is 21.8 Å². The minimum atomic E-state index is -3.73. The van der Waals surface area contributed by atoms with Gasteiger partial charge in [-0.15, -0.1) is 0 Å². The topological polar surface area (TPSA) is 86.8 Å². The Hall–Kier alpha value is -2.87. The van der Waals surface area contributed by atoms with Crippen molar-refractivity contribution in [1.29, 1.82) is 0 Å². The number of hydrogen-bond donors (Lipinski definition) is 1. The van der Waals surface area contributed by atoms with Crippen molar-refractivity contribution in [1.82, 2.24) is 10.2 Å². The van der Waals surface area contributed by atoms with Gasteiger partial charge >= 0.3 is 0 Å². The molecule has 1 N–H and O–H groups in total. The van der Waals surface area contributed by atoms with Crippen molar-refractivity contribution in [2.45, 2.75) is 39.8 Å². The van der Waals surface area contributed by atoms with Gasteiger partial charge < -0.3 is 10.2 Å². The Balaban J connectivity index is 2.45. The molecule has 2 rings (SSSR count). The number of nitrogens with zero attached hydrogens (tertiary/aromatic N) is 2. The molecule has 0 aliphatic heterocycles. The van der Waals surface area contributed by atoms with E-state index in [0.717, 1.165) is 27.3 Å². The number of aryl methyl sites for hydroxylation is 2. The lowest BCUT2D eigenvalue weighted by atomic mass is 10.1.